The quantitative estimate of drug-likeness (QED) is 0.189. The number of fused-ring (bicyclic) bond motifs is 1. The average Bonchev–Trinajstić information content (AvgIpc) is 3.05. The molecule has 0 saturated carbocycles. The summed E-state index contributed by atoms with van der Waals surface area (Å²) < 4.78 is 23.6. The van der Waals surface area contributed by atoms with Crippen molar-refractivity contribution >= 4 is 27.6 Å². The predicted molar refractivity (Wildman–Crippen MR) is 109 cm³/mol. The number of aromatic hydroxyl groups is 2. The highest BCUT2D eigenvalue weighted by Gasteiger charge is 2.28. The van der Waals surface area contributed by atoms with Gasteiger partial charge in [0.15, 0.2) is 11.5 Å². The van der Waals surface area contributed by atoms with Crippen molar-refractivity contribution in [3.05, 3.63) is 71.3 Å². The van der Waals surface area contributed by atoms with Crippen LogP contribution in [0.15, 0.2) is 60.2 Å². The van der Waals surface area contributed by atoms with Crippen molar-refractivity contribution in [3.8, 4) is 17.6 Å². The number of hydrogen-bond donors (Lipinski definition) is 2. The summed E-state index contributed by atoms with van der Waals surface area (Å²) in [6, 6.07) is 15.0. The molecule has 0 aliphatic carbocycles. The van der Waals surface area contributed by atoms with Crippen molar-refractivity contribution in [2.45, 2.75) is 6.42 Å². The third-order valence-electron chi connectivity index (χ3n) is 4.22. The fourth-order valence-corrected chi connectivity index (χ4v) is 2.81. The van der Waals surface area contributed by atoms with Crippen LogP contribution in [0.3, 0.4) is 0 Å². The number of nitrogens with zero attached hydrogens (tertiary/aromatic N) is 2. The van der Waals surface area contributed by atoms with Gasteiger partial charge >= 0.3 is 0 Å². The third kappa shape index (κ3) is 6.02. The molecule has 30 heavy (non-hydrogen) atoms. The van der Waals surface area contributed by atoms with Gasteiger partial charge in [-0.3, -0.25) is 0 Å². The Morgan fingerprint density at radius 3 is 2.47 bits per heavy atom. The fraction of sp³-hybridized carbons (Fsp3) is 0.143. The van der Waals surface area contributed by atoms with E-state index in [0.29, 0.717) is 11.8 Å². The maximum atomic E-state index is 9.50. The largest absolute Gasteiger partial charge is 0.707 e. The van der Waals surface area contributed by atoms with Crippen molar-refractivity contribution < 1.29 is 32.8 Å². The van der Waals surface area contributed by atoms with Gasteiger partial charge in [-0.25, -0.2) is 8.42 Å². The van der Waals surface area contributed by atoms with Gasteiger partial charge in [0.05, 0.1) is 12.7 Å². The smallest absolute Gasteiger partial charge is 0.255 e. The summed E-state index contributed by atoms with van der Waals surface area (Å²) in [6.07, 6.45) is 6.73. The molecule has 8 nitrogen and oxygen atoms in total. The Labute approximate surface area is 174 Å². The summed E-state index contributed by atoms with van der Waals surface area (Å²) >= 11 is 0. The van der Waals surface area contributed by atoms with E-state index in [4.69, 9.17) is 5.26 Å². The fourth-order valence-electron chi connectivity index (χ4n) is 2.81. The van der Waals surface area contributed by atoms with E-state index in [-0.39, 0.29) is 11.5 Å². The zero-order valence-corrected chi connectivity index (χ0v) is 17.1. The van der Waals surface area contributed by atoms with E-state index in [1.54, 1.807) is 24.3 Å². The molecular formula is C21H20N2O6S. The van der Waals surface area contributed by atoms with Crippen LogP contribution in [0.4, 0.5) is 5.69 Å². The highest BCUT2D eigenvalue weighted by Crippen LogP contribution is 2.27. The predicted octanol–water partition coefficient (Wildman–Crippen LogP) is 1.77. The van der Waals surface area contributed by atoms with Crippen LogP contribution in [-0.4, -0.2) is 42.2 Å². The van der Waals surface area contributed by atoms with Crippen LogP contribution in [0.1, 0.15) is 11.1 Å². The minimum atomic E-state index is -3.72. The van der Waals surface area contributed by atoms with E-state index in [9.17, 15) is 23.9 Å². The van der Waals surface area contributed by atoms with Crippen molar-refractivity contribution in [1.82, 2.24) is 0 Å². The summed E-state index contributed by atoms with van der Waals surface area (Å²) in [7, 11) is -1.75. The maximum absolute atomic E-state index is 9.50. The van der Waals surface area contributed by atoms with Crippen molar-refractivity contribution in [2.75, 3.05) is 13.3 Å². The van der Waals surface area contributed by atoms with Crippen LogP contribution in [0.5, 0.6) is 11.5 Å². The molecule has 0 amide bonds. The Morgan fingerprint density at radius 2 is 1.90 bits per heavy atom. The first-order valence-corrected chi connectivity index (χ1v) is 10.5. The van der Waals surface area contributed by atoms with E-state index in [2.05, 4.69) is 16.5 Å². The van der Waals surface area contributed by atoms with Gasteiger partial charge in [0.25, 0.3) is 10.1 Å². The van der Waals surface area contributed by atoms with Crippen molar-refractivity contribution in [1.29, 1.82) is 5.26 Å². The van der Waals surface area contributed by atoms with Crippen LogP contribution < -0.4 is 5.26 Å². The molecule has 0 radical (unpaired) electrons. The van der Waals surface area contributed by atoms with E-state index in [0.717, 1.165) is 23.4 Å². The number of allylic oxidation sites excluding steroid dienone is 3. The lowest BCUT2D eigenvalue weighted by Gasteiger charge is -1.98. The maximum Gasteiger partial charge on any atom is 0.255 e. The first kappa shape index (κ1) is 22.8. The molecule has 0 fully saturated rings. The molecule has 1 aliphatic rings. The van der Waals surface area contributed by atoms with Crippen LogP contribution in [0.25, 0.3) is 6.08 Å². The van der Waals surface area contributed by atoms with Gasteiger partial charge in [-0.05, 0) is 23.8 Å². The average molecular weight is 428 g/mol. The lowest BCUT2D eigenvalue weighted by molar-refractivity contribution is -0.634. The molecule has 2 aromatic rings. The monoisotopic (exact) mass is 428 g/mol. The first-order valence-electron chi connectivity index (χ1n) is 8.66. The molecule has 156 valence electrons. The molecule has 2 N–H and O–H groups in total. The number of benzene rings is 2. The van der Waals surface area contributed by atoms with Crippen LogP contribution in [0, 0.1) is 11.3 Å². The molecule has 9 heteroatoms. The number of phenolic OH excluding ortho intramolecular Hbond substituents is 2. The van der Waals surface area contributed by atoms with Crippen LogP contribution >= 0.6 is 0 Å². The molecule has 0 atom stereocenters. The standard InChI is InChI=1S/C20H16N2O2.CH4O4S/c1-22-17-8-3-2-6-15(17)12-18(22)16(13-21)7-4-5-14-9-10-19(23)20(24)11-14;1-6(3,4)5-2/h2-11,24H,12H2,1H3;2H,1H3. The Hall–Kier alpha value is -3.45. The zero-order chi connectivity index (χ0) is 22.3. The van der Waals surface area contributed by atoms with Gasteiger partial charge in [-0.1, -0.05) is 36.4 Å². The number of nitriles is 1. The van der Waals surface area contributed by atoms with Crippen LogP contribution in [0.2, 0.25) is 0 Å². The minimum absolute atomic E-state index is 0.152. The highest BCUT2D eigenvalue weighted by molar-refractivity contribution is 7.85. The van der Waals surface area contributed by atoms with E-state index >= 15 is 0 Å². The Balaban J connectivity index is 0.000000469. The second kappa shape index (κ2) is 9.84. The first-order chi connectivity index (χ1) is 14.2. The van der Waals surface area contributed by atoms with E-state index in [1.165, 1.54) is 17.7 Å². The number of hydrogen-bond acceptors (Lipinski definition) is 7. The number of para-hydroxylation sites is 1. The lowest BCUT2D eigenvalue weighted by Crippen LogP contribution is -2.12. The molecule has 0 spiro atoms. The Kier molecular flexibility index (Phi) is 7.49. The summed E-state index contributed by atoms with van der Waals surface area (Å²) in [4.78, 5) is 0. The van der Waals surface area contributed by atoms with Gasteiger partial charge in [0.1, 0.15) is 18.7 Å². The lowest BCUT2D eigenvalue weighted by atomic mass is 10.0. The Bertz CT molecular complexity index is 1170. The molecule has 2 aromatic carbocycles. The van der Waals surface area contributed by atoms with Gasteiger partial charge in [-0.2, -0.15) is 9.84 Å². The molecule has 0 aromatic heterocycles. The molecule has 0 saturated heterocycles. The highest BCUT2D eigenvalue weighted by atomic mass is 32.2. The van der Waals surface area contributed by atoms with E-state index < -0.39 is 10.1 Å². The molecular weight excluding hydrogens is 408 g/mol. The molecule has 1 aliphatic heterocycles. The number of rotatable bonds is 4. The third-order valence-corrected chi connectivity index (χ3v) is 4.47. The molecule has 3 rings (SSSR count). The van der Waals surface area contributed by atoms with Crippen molar-refractivity contribution in [2.24, 2.45) is 0 Å². The molecule has 0 bridgehead atoms. The second-order valence-electron chi connectivity index (χ2n) is 6.38. The second-order valence-corrected chi connectivity index (χ2v) is 7.93. The summed E-state index contributed by atoms with van der Waals surface area (Å²) in [5.41, 5.74) is 4.65. The zero-order valence-electron chi connectivity index (χ0n) is 16.3. The summed E-state index contributed by atoms with van der Waals surface area (Å²) in [5, 5.41) is 37.2. The summed E-state index contributed by atoms with van der Waals surface area (Å²) in [5.74, 6) is -0.316. The van der Waals surface area contributed by atoms with Crippen molar-refractivity contribution in [3.63, 3.8) is 0 Å². The molecule has 0 unspecified atom stereocenters. The normalized spacial score (nSPS) is 13.6. The van der Waals surface area contributed by atoms with Gasteiger partial charge < -0.3 is 19.8 Å². The molecule has 1 heterocycles. The minimum Gasteiger partial charge on any atom is -0.707 e. The Morgan fingerprint density at radius 1 is 1.23 bits per heavy atom. The number of phenols is 2. The van der Waals surface area contributed by atoms with Gasteiger partial charge in [0, 0.05) is 11.6 Å². The van der Waals surface area contributed by atoms with E-state index in [1.807, 2.05) is 29.8 Å². The SMILES string of the molecule is CS(=O)(=O)O[O-].C[N+]1=C(/C(C#N)=C/C=C/c2ccc(O)c(O)c2)Cc2ccccc21. The van der Waals surface area contributed by atoms with Gasteiger partial charge in [-0.15, -0.1) is 0 Å². The topological polar surface area (TPSA) is 134 Å². The van der Waals surface area contributed by atoms with Gasteiger partial charge in [0.2, 0.25) is 11.4 Å². The summed E-state index contributed by atoms with van der Waals surface area (Å²) in [6.45, 7) is 0. The van der Waals surface area contributed by atoms with Crippen LogP contribution in [-0.2, 0) is 20.9 Å².